The Morgan fingerprint density at radius 3 is 0.806 bits per heavy atom. The number of ether oxygens (including phenoxy) is 3. The average molecular weight is 1010 g/mol. The van der Waals surface area contributed by atoms with E-state index < -0.39 is 6.10 Å². The van der Waals surface area contributed by atoms with Crippen LogP contribution >= 0.6 is 0 Å². The molecule has 0 bridgehead atoms. The Bertz CT molecular complexity index is 1250. The van der Waals surface area contributed by atoms with Crippen molar-refractivity contribution in [1.82, 2.24) is 0 Å². The van der Waals surface area contributed by atoms with Gasteiger partial charge in [-0.25, -0.2) is 0 Å². The van der Waals surface area contributed by atoms with Gasteiger partial charge in [0.05, 0.1) is 0 Å². The molecule has 0 spiro atoms. The van der Waals surface area contributed by atoms with Gasteiger partial charge in [0.15, 0.2) is 6.10 Å². The Morgan fingerprint density at radius 1 is 0.278 bits per heavy atom. The predicted octanol–water partition coefficient (Wildman–Crippen LogP) is 21.4. The third-order valence-electron chi connectivity index (χ3n) is 14.1. The molecule has 0 aromatic carbocycles. The summed E-state index contributed by atoms with van der Waals surface area (Å²) in [5, 5.41) is 0. The summed E-state index contributed by atoms with van der Waals surface area (Å²) in [5.74, 6) is -0.892. The number of hydrogen-bond acceptors (Lipinski definition) is 6. The van der Waals surface area contributed by atoms with E-state index in [4.69, 9.17) is 14.2 Å². The number of esters is 3. The standard InChI is InChI=1S/C66H120O6/c1-4-7-10-13-16-19-22-25-28-29-30-31-32-33-34-35-36-37-38-39-42-44-47-50-53-56-59-65(68)71-62-63(72-66(69)60-57-54-51-48-45-41-27-24-21-18-15-12-9-6-3)61-70-64(67)58-55-52-49-46-43-40-26-23-20-17-14-11-8-5-2/h14-15,17-18,23-24,26-27,63H,4-13,16,19-22,25,28-62H2,1-3H3/b17-14-,18-15-,26-23-,27-24-. The highest BCUT2D eigenvalue weighted by Crippen LogP contribution is 2.17. The van der Waals surface area contributed by atoms with Crippen molar-refractivity contribution >= 4 is 17.9 Å². The van der Waals surface area contributed by atoms with Crippen LogP contribution in [-0.4, -0.2) is 37.2 Å². The number of carbonyl (C=O) groups is 3. The summed E-state index contributed by atoms with van der Waals surface area (Å²) in [6.45, 7) is 6.58. The summed E-state index contributed by atoms with van der Waals surface area (Å²) in [5.41, 5.74) is 0. The fraction of sp³-hybridized carbons (Fsp3) is 0.833. The van der Waals surface area contributed by atoms with Crippen molar-refractivity contribution in [2.75, 3.05) is 13.2 Å². The minimum Gasteiger partial charge on any atom is -0.462 e. The van der Waals surface area contributed by atoms with Crippen LogP contribution in [0.3, 0.4) is 0 Å². The molecule has 0 aliphatic heterocycles. The molecule has 0 heterocycles. The van der Waals surface area contributed by atoms with E-state index in [9.17, 15) is 14.4 Å². The Labute approximate surface area is 448 Å². The summed E-state index contributed by atoms with van der Waals surface area (Å²) in [6.07, 6.45) is 75.6. The lowest BCUT2D eigenvalue weighted by Crippen LogP contribution is -2.30. The van der Waals surface area contributed by atoms with E-state index in [0.717, 1.165) is 103 Å². The van der Waals surface area contributed by atoms with Crippen molar-refractivity contribution in [2.45, 2.75) is 341 Å². The molecule has 1 atom stereocenters. The zero-order valence-electron chi connectivity index (χ0n) is 48.2. The smallest absolute Gasteiger partial charge is 0.306 e. The van der Waals surface area contributed by atoms with Gasteiger partial charge in [0.2, 0.25) is 0 Å². The maximum atomic E-state index is 12.9. The van der Waals surface area contributed by atoms with E-state index in [2.05, 4.69) is 69.4 Å². The third-order valence-corrected chi connectivity index (χ3v) is 14.1. The molecular formula is C66H120O6. The van der Waals surface area contributed by atoms with Gasteiger partial charge in [-0.1, -0.05) is 294 Å². The second-order valence-corrected chi connectivity index (χ2v) is 21.3. The first-order chi connectivity index (χ1) is 35.5. The van der Waals surface area contributed by atoms with Crippen LogP contribution in [0.2, 0.25) is 0 Å². The lowest BCUT2D eigenvalue weighted by Gasteiger charge is -2.18. The van der Waals surface area contributed by atoms with E-state index in [0.29, 0.717) is 19.3 Å². The zero-order chi connectivity index (χ0) is 52.2. The maximum absolute atomic E-state index is 12.9. The van der Waals surface area contributed by atoms with Gasteiger partial charge in [-0.2, -0.15) is 0 Å². The monoisotopic (exact) mass is 1010 g/mol. The quantitative estimate of drug-likeness (QED) is 0.0261. The van der Waals surface area contributed by atoms with Crippen molar-refractivity contribution in [2.24, 2.45) is 0 Å². The summed E-state index contributed by atoms with van der Waals surface area (Å²) < 4.78 is 16.9. The van der Waals surface area contributed by atoms with E-state index in [-0.39, 0.29) is 31.1 Å². The first-order valence-corrected chi connectivity index (χ1v) is 31.6. The normalized spacial score (nSPS) is 12.3. The summed E-state index contributed by atoms with van der Waals surface area (Å²) >= 11 is 0. The number of allylic oxidation sites excluding steroid dienone is 8. The molecule has 0 fully saturated rings. The molecule has 0 aliphatic carbocycles. The third kappa shape index (κ3) is 58.3. The molecule has 0 rings (SSSR count). The molecule has 72 heavy (non-hydrogen) atoms. The van der Waals surface area contributed by atoms with E-state index >= 15 is 0 Å². The molecule has 0 amide bonds. The Balaban J connectivity index is 4.22. The van der Waals surface area contributed by atoms with Gasteiger partial charge in [0.1, 0.15) is 13.2 Å². The first-order valence-electron chi connectivity index (χ1n) is 31.6. The van der Waals surface area contributed by atoms with Gasteiger partial charge in [-0.3, -0.25) is 14.4 Å². The SMILES string of the molecule is CCCC/C=C\C/C=C\CCCCCCCC(=O)OCC(COC(=O)CCCCCCCCCCCCCCCCCCCCCCCCCCCC)OC(=O)CCCCCCC/C=C\C/C=C\CCCC. The molecule has 0 aromatic rings. The predicted molar refractivity (Wildman–Crippen MR) is 312 cm³/mol. The van der Waals surface area contributed by atoms with Crippen molar-refractivity contribution in [3.05, 3.63) is 48.6 Å². The lowest BCUT2D eigenvalue weighted by molar-refractivity contribution is -0.167. The molecule has 0 saturated carbocycles. The lowest BCUT2D eigenvalue weighted by atomic mass is 10.0. The molecule has 0 radical (unpaired) electrons. The van der Waals surface area contributed by atoms with Gasteiger partial charge in [-0.05, 0) is 70.6 Å². The van der Waals surface area contributed by atoms with Crippen LogP contribution in [0.25, 0.3) is 0 Å². The molecule has 0 aromatic heterocycles. The molecule has 0 N–H and O–H groups in total. The van der Waals surface area contributed by atoms with Crippen molar-refractivity contribution in [1.29, 1.82) is 0 Å². The number of rotatable bonds is 58. The van der Waals surface area contributed by atoms with Crippen LogP contribution in [0.15, 0.2) is 48.6 Å². The van der Waals surface area contributed by atoms with Crippen molar-refractivity contribution < 1.29 is 28.6 Å². The summed E-state index contributed by atoms with van der Waals surface area (Å²) in [4.78, 5) is 38.2. The average Bonchev–Trinajstić information content (AvgIpc) is 3.38. The fourth-order valence-corrected chi connectivity index (χ4v) is 9.24. The molecule has 6 nitrogen and oxygen atoms in total. The van der Waals surface area contributed by atoms with Crippen LogP contribution in [-0.2, 0) is 28.6 Å². The second kappa shape index (κ2) is 60.9. The van der Waals surface area contributed by atoms with Crippen molar-refractivity contribution in [3.63, 3.8) is 0 Å². The van der Waals surface area contributed by atoms with Gasteiger partial charge in [-0.15, -0.1) is 0 Å². The van der Waals surface area contributed by atoms with Crippen LogP contribution in [0.4, 0.5) is 0 Å². The van der Waals surface area contributed by atoms with Crippen LogP contribution < -0.4 is 0 Å². The summed E-state index contributed by atoms with van der Waals surface area (Å²) in [7, 11) is 0. The van der Waals surface area contributed by atoms with Gasteiger partial charge in [0, 0.05) is 19.3 Å². The van der Waals surface area contributed by atoms with E-state index in [1.807, 2.05) is 0 Å². The highest BCUT2D eigenvalue weighted by molar-refractivity contribution is 5.71. The van der Waals surface area contributed by atoms with Crippen LogP contribution in [0.5, 0.6) is 0 Å². The Morgan fingerprint density at radius 2 is 0.514 bits per heavy atom. The zero-order valence-corrected chi connectivity index (χ0v) is 48.2. The highest BCUT2D eigenvalue weighted by atomic mass is 16.6. The van der Waals surface area contributed by atoms with Gasteiger partial charge >= 0.3 is 17.9 Å². The molecule has 1 unspecified atom stereocenters. The fourth-order valence-electron chi connectivity index (χ4n) is 9.24. The molecule has 0 aliphatic rings. The Hall–Kier alpha value is -2.63. The Kier molecular flexibility index (Phi) is 58.7. The highest BCUT2D eigenvalue weighted by Gasteiger charge is 2.19. The number of hydrogen-bond donors (Lipinski definition) is 0. The minimum absolute atomic E-state index is 0.0804. The summed E-state index contributed by atoms with van der Waals surface area (Å²) in [6, 6.07) is 0. The first kappa shape index (κ1) is 69.4. The molecule has 420 valence electrons. The number of unbranched alkanes of at least 4 members (excludes halogenated alkanes) is 39. The second-order valence-electron chi connectivity index (χ2n) is 21.3. The molecular weight excluding hydrogens is 889 g/mol. The van der Waals surface area contributed by atoms with E-state index in [1.165, 1.54) is 193 Å². The van der Waals surface area contributed by atoms with Crippen LogP contribution in [0, 0.1) is 0 Å². The van der Waals surface area contributed by atoms with Crippen LogP contribution in [0.1, 0.15) is 335 Å². The van der Waals surface area contributed by atoms with Gasteiger partial charge < -0.3 is 14.2 Å². The topological polar surface area (TPSA) is 78.9 Å². The largest absolute Gasteiger partial charge is 0.462 e. The minimum atomic E-state index is -0.785. The van der Waals surface area contributed by atoms with E-state index in [1.54, 1.807) is 0 Å². The molecule has 0 saturated heterocycles. The molecule has 6 heteroatoms. The van der Waals surface area contributed by atoms with Crippen molar-refractivity contribution in [3.8, 4) is 0 Å². The maximum Gasteiger partial charge on any atom is 0.306 e. The number of carbonyl (C=O) groups excluding carboxylic acids is 3. The van der Waals surface area contributed by atoms with Gasteiger partial charge in [0.25, 0.3) is 0 Å².